The number of halogens is 5. The summed E-state index contributed by atoms with van der Waals surface area (Å²) in [5.74, 6) is -1.31. The molecule has 0 aliphatic heterocycles. The molecule has 0 aliphatic rings. The van der Waals surface area contributed by atoms with Crippen LogP contribution in [0.3, 0.4) is 0 Å². The van der Waals surface area contributed by atoms with Crippen molar-refractivity contribution in [1.82, 2.24) is 14.9 Å². The average Bonchev–Trinajstić information content (AvgIpc) is 3.35. The number of hydrogen-bond donors (Lipinski definition) is 0. The molecule has 0 N–H and O–H groups in total. The summed E-state index contributed by atoms with van der Waals surface area (Å²) in [6.45, 7) is 1.52. The first-order chi connectivity index (χ1) is 15.1. The van der Waals surface area contributed by atoms with Gasteiger partial charge in [-0.25, -0.2) is 9.07 Å². The van der Waals surface area contributed by atoms with Crippen molar-refractivity contribution in [1.29, 1.82) is 0 Å². The van der Waals surface area contributed by atoms with E-state index in [2.05, 4.69) is 15.2 Å². The lowest BCUT2D eigenvalue weighted by molar-refractivity contribution is -0.142. The van der Waals surface area contributed by atoms with Crippen LogP contribution in [-0.4, -0.2) is 39.6 Å². The maximum Gasteiger partial charge on any atom is 0.434 e. The third kappa shape index (κ3) is 4.22. The van der Waals surface area contributed by atoms with E-state index in [-0.39, 0.29) is 27.5 Å². The smallest absolute Gasteiger partial charge is 0.355 e. The van der Waals surface area contributed by atoms with Crippen molar-refractivity contribution in [3.8, 4) is 22.6 Å². The fourth-order valence-electron chi connectivity index (χ4n) is 3.03. The summed E-state index contributed by atoms with van der Waals surface area (Å²) in [4.78, 5) is 16.4. The SMILES string of the molecule is C/C=C(\C=NC)n1ncc(-c2onc(-c3c(F)cccc3Cl)c2C(=O)SC)c1C(F)(F)F. The van der Waals surface area contributed by atoms with E-state index >= 15 is 0 Å². The highest BCUT2D eigenvalue weighted by Crippen LogP contribution is 2.43. The van der Waals surface area contributed by atoms with Gasteiger partial charge in [0.05, 0.1) is 28.0 Å². The van der Waals surface area contributed by atoms with Crippen LogP contribution < -0.4 is 0 Å². The Hall–Kier alpha value is -2.92. The van der Waals surface area contributed by atoms with Gasteiger partial charge in [-0.15, -0.1) is 0 Å². The number of nitrogens with zero attached hydrogens (tertiary/aromatic N) is 4. The highest BCUT2D eigenvalue weighted by Gasteiger charge is 2.42. The van der Waals surface area contributed by atoms with Crippen LogP contribution in [0, 0.1) is 5.82 Å². The van der Waals surface area contributed by atoms with Crippen LogP contribution in [0.4, 0.5) is 17.6 Å². The molecule has 0 radical (unpaired) electrons. The largest absolute Gasteiger partial charge is 0.434 e. The van der Waals surface area contributed by atoms with E-state index in [1.54, 1.807) is 0 Å². The van der Waals surface area contributed by atoms with Gasteiger partial charge in [-0.1, -0.05) is 40.7 Å². The minimum absolute atomic E-state index is 0.0423. The van der Waals surface area contributed by atoms with Crippen molar-refractivity contribution in [3.63, 3.8) is 0 Å². The number of hydrogen-bond acceptors (Lipinski definition) is 6. The van der Waals surface area contributed by atoms with Crippen molar-refractivity contribution in [2.75, 3.05) is 13.3 Å². The zero-order valence-electron chi connectivity index (χ0n) is 16.9. The van der Waals surface area contributed by atoms with Crippen LogP contribution in [0.15, 0.2) is 40.0 Å². The van der Waals surface area contributed by atoms with E-state index in [0.29, 0.717) is 16.4 Å². The van der Waals surface area contributed by atoms with Crippen molar-refractivity contribution in [2.24, 2.45) is 4.99 Å². The van der Waals surface area contributed by atoms with Gasteiger partial charge >= 0.3 is 6.18 Å². The Morgan fingerprint density at radius 1 is 1.34 bits per heavy atom. The maximum atomic E-state index is 14.5. The average molecular weight is 487 g/mol. The van der Waals surface area contributed by atoms with E-state index in [1.807, 2.05) is 0 Å². The minimum Gasteiger partial charge on any atom is -0.355 e. The van der Waals surface area contributed by atoms with Crippen LogP contribution in [-0.2, 0) is 6.18 Å². The van der Waals surface area contributed by atoms with Crippen LogP contribution in [0.2, 0.25) is 5.02 Å². The molecule has 0 saturated heterocycles. The first kappa shape index (κ1) is 23.7. The number of aliphatic imine (C=N–C) groups is 1. The molecule has 0 aliphatic carbocycles. The predicted molar refractivity (Wildman–Crippen MR) is 115 cm³/mol. The molecule has 3 aromatic rings. The lowest BCUT2D eigenvalue weighted by atomic mass is 10.0. The second kappa shape index (κ2) is 9.29. The number of alkyl halides is 3. The summed E-state index contributed by atoms with van der Waals surface area (Å²) >= 11 is 6.79. The minimum atomic E-state index is -4.88. The van der Waals surface area contributed by atoms with Gasteiger partial charge in [0.1, 0.15) is 17.1 Å². The Balaban J connectivity index is 2.36. The number of carbonyl (C=O) groups is 1. The second-order valence-corrected chi connectivity index (χ2v) is 7.43. The standard InChI is InChI=1S/C20H15ClF4N4O2S/c1-4-10(8-26-2)29-18(20(23,24)25)11(9-27-29)17-15(19(30)32-3)16(28-31-17)14-12(21)6-5-7-13(14)22/h4-9H,1-3H3/b10-4+,26-8?. The molecule has 32 heavy (non-hydrogen) atoms. The van der Waals surface area contributed by atoms with E-state index in [4.69, 9.17) is 16.1 Å². The Kier molecular flexibility index (Phi) is 6.89. The zero-order valence-corrected chi connectivity index (χ0v) is 18.4. The number of thioether (sulfide) groups is 1. The quantitative estimate of drug-likeness (QED) is 0.323. The molecule has 0 unspecified atom stereocenters. The van der Waals surface area contributed by atoms with E-state index in [1.165, 1.54) is 44.7 Å². The highest BCUT2D eigenvalue weighted by atomic mass is 35.5. The molecule has 12 heteroatoms. The first-order valence-corrected chi connectivity index (χ1v) is 10.5. The van der Waals surface area contributed by atoms with Crippen LogP contribution in [0.1, 0.15) is 23.0 Å². The van der Waals surface area contributed by atoms with Gasteiger partial charge in [0.15, 0.2) is 11.5 Å². The topological polar surface area (TPSA) is 73.3 Å². The molecule has 3 rings (SSSR count). The van der Waals surface area contributed by atoms with E-state index in [0.717, 1.165) is 12.3 Å². The fraction of sp³-hybridized carbons (Fsp3) is 0.200. The molecular formula is C20H15ClF4N4O2S. The Bertz CT molecular complexity index is 1210. The molecule has 6 nitrogen and oxygen atoms in total. The van der Waals surface area contributed by atoms with Gasteiger partial charge in [0, 0.05) is 13.3 Å². The number of carbonyl (C=O) groups excluding carboxylic acids is 1. The molecule has 1 aromatic carbocycles. The monoisotopic (exact) mass is 486 g/mol. The van der Waals surface area contributed by atoms with E-state index < -0.39 is 34.1 Å². The molecule has 0 atom stereocenters. The first-order valence-electron chi connectivity index (χ1n) is 8.92. The van der Waals surface area contributed by atoms with Crippen LogP contribution in [0.25, 0.3) is 28.3 Å². The van der Waals surface area contributed by atoms with Crippen molar-refractivity contribution in [3.05, 3.63) is 52.6 Å². The molecule has 0 fully saturated rings. The van der Waals surface area contributed by atoms with Crippen molar-refractivity contribution < 1.29 is 26.9 Å². The lowest BCUT2D eigenvalue weighted by Gasteiger charge is -2.12. The summed E-state index contributed by atoms with van der Waals surface area (Å²) < 4.78 is 62.5. The van der Waals surface area contributed by atoms with E-state index in [9.17, 15) is 22.4 Å². The Morgan fingerprint density at radius 2 is 2.06 bits per heavy atom. The van der Waals surface area contributed by atoms with Crippen molar-refractivity contribution >= 4 is 40.4 Å². The molecule has 168 valence electrons. The molecular weight excluding hydrogens is 472 g/mol. The third-order valence-corrected chi connectivity index (χ3v) is 5.26. The maximum absolute atomic E-state index is 14.5. The molecule has 0 bridgehead atoms. The van der Waals surface area contributed by atoms with Gasteiger partial charge in [-0.2, -0.15) is 18.3 Å². The second-order valence-electron chi connectivity index (χ2n) is 6.24. The summed E-state index contributed by atoms with van der Waals surface area (Å²) in [5.41, 5.74) is -2.60. The summed E-state index contributed by atoms with van der Waals surface area (Å²) in [6, 6.07) is 3.80. The van der Waals surface area contributed by atoms with Crippen molar-refractivity contribution in [2.45, 2.75) is 13.1 Å². The normalized spacial score (nSPS) is 12.7. The lowest BCUT2D eigenvalue weighted by Crippen LogP contribution is -2.16. The predicted octanol–water partition coefficient (Wildman–Crippen LogP) is 6.08. The van der Waals surface area contributed by atoms with Crippen LogP contribution in [0.5, 0.6) is 0 Å². The number of benzene rings is 1. The van der Waals surface area contributed by atoms with Gasteiger partial charge in [-0.05, 0) is 25.3 Å². The third-order valence-electron chi connectivity index (χ3n) is 4.37. The van der Waals surface area contributed by atoms with Gasteiger partial charge in [0.25, 0.3) is 0 Å². The molecule has 0 spiro atoms. The zero-order chi connectivity index (χ0) is 23.6. The summed E-state index contributed by atoms with van der Waals surface area (Å²) in [6.07, 6.45) is 0.0303. The highest BCUT2D eigenvalue weighted by molar-refractivity contribution is 8.13. The summed E-state index contributed by atoms with van der Waals surface area (Å²) in [7, 11) is 1.40. The fourth-order valence-corrected chi connectivity index (χ4v) is 3.67. The number of rotatable bonds is 5. The Morgan fingerprint density at radius 3 is 2.62 bits per heavy atom. The van der Waals surface area contributed by atoms with Gasteiger partial charge < -0.3 is 4.52 Å². The molecule has 0 saturated carbocycles. The molecule has 2 aromatic heterocycles. The Labute approximate surface area is 188 Å². The van der Waals surface area contributed by atoms with Gasteiger partial charge in [0.2, 0.25) is 5.12 Å². The van der Waals surface area contributed by atoms with Crippen LogP contribution >= 0.6 is 23.4 Å². The molecule has 0 amide bonds. The van der Waals surface area contributed by atoms with Gasteiger partial charge in [-0.3, -0.25) is 9.79 Å². The number of aromatic nitrogens is 3. The number of allylic oxidation sites excluding steroid dienone is 2. The summed E-state index contributed by atoms with van der Waals surface area (Å²) in [5, 5.41) is 6.77. The molecule has 2 heterocycles.